The van der Waals surface area contributed by atoms with Gasteiger partial charge in [0.15, 0.2) is 0 Å². The molecule has 3 aromatic carbocycles. The molecule has 0 N–H and O–H groups in total. The number of hydrogen-bond donors (Lipinski definition) is 0. The number of nitrogens with zero attached hydrogens (tertiary/aromatic N) is 2. The SMILES string of the molecule is CC(C)(C)OC(=O)N1CC[C@H](c2cccc(-c3ccccc3)c2)[C@@H](C(=O)N(Cc2cccc(Cl)c2Cl)C2CC2)C1. The standard InChI is InChI=1S/C33H36Cl2N2O3/c1-33(2,3)40-32(39)36-18-17-27(24-12-7-11-23(19-24)22-9-5-4-6-10-22)28(21-36)31(38)37(26-15-16-26)20-25-13-8-14-29(34)30(25)35/h4-14,19,26-28H,15-18,20-21H2,1-3H3/t27-,28+/m1/s1. The average molecular weight is 580 g/mol. The van der Waals surface area contributed by atoms with Crippen molar-refractivity contribution >= 4 is 35.2 Å². The minimum absolute atomic E-state index is 0.0362. The van der Waals surface area contributed by atoms with E-state index in [0.717, 1.165) is 35.1 Å². The second-order valence-electron chi connectivity index (χ2n) is 11.8. The highest BCUT2D eigenvalue weighted by Gasteiger charge is 2.43. The molecule has 2 atom stereocenters. The zero-order valence-corrected chi connectivity index (χ0v) is 24.8. The summed E-state index contributed by atoms with van der Waals surface area (Å²) >= 11 is 12.8. The maximum atomic E-state index is 14.4. The predicted octanol–water partition coefficient (Wildman–Crippen LogP) is 8.19. The Labute approximate surface area is 247 Å². The quantitative estimate of drug-likeness (QED) is 0.296. The van der Waals surface area contributed by atoms with Gasteiger partial charge in [0.2, 0.25) is 5.91 Å². The lowest BCUT2D eigenvalue weighted by molar-refractivity contribution is -0.139. The molecular formula is C33H36Cl2N2O3. The van der Waals surface area contributed by atoms with Gasteiger partial charge in [0.25, 0.3) is 0 Å². The highest BCUT2D eigenvalue weighted by atomic mass is 35.5. The largest absolute Gasteiger partial charge is 0.444 e. The molecule has 1 saturated heterocycles. The molecule has 0 unspecified atom stereocenters. The monoisotopic (exact) mass is 578 g/mol. The summed E-state index contributed by atoms with van der Waals surface area (Å²) in [5.41, 5.74) is 3.58. The van der Waals surface area contributed by atoms with Crippen LogP contribution in [0, 0.1) is 5.92 Å². The van der Waals surface area contributed by atoms with Gasteiger partial charge in [0, 0.05) is 25.7 Å². The van der Waals surface area contributed by atoms with E-state index >= 15 is 0 Å². The van der Waals surface area contributed by atoms with Gasteiger partial charge in [-0.25, -0.2) is 4.79 Å². The van der Waals surface area contributed by atoms with Crippen molar-refractivity contribution in [3.8, 4) is 11.1 Å². The average Bonchev–Trinajstić information content (AvgIpc) is 3.78. The fourth-order valence-electron chi connectivity index (χ4n) is 5.51. The summed E-state index contributed by atoms with van der Waals surface area (Å²) in [7, 11) is 0. The number of carbonyl (C=O) groups is 2. The van der Waals surface area contributed by atoms with E-state index in [1.165, 1.54) is 0 Å². The van der Waals surface area contributed by atoms with Crippen molar-refractivity contribution in [2.24, 2.45) is 5.92 Å². The highest BCUT2D eigenvalue weighted by molar-refractivity contribution is 6.42. The Morgan fingerprint density at radius 2 is 1.62 bits per heavy atom. The number of ether oxygens (including phenoxy) is 1. The number of carbonyl (C=O) groups excluding carboxylic acids is 2. The van der Waals surface area contributed by atoms with E-state index < -0.39 is 11.5 Å². The molecule has 1 heterocycles. The topological polar surface area (TPSA) is 49.9 Å². The van der Waals surface area contributed by atoms with Gasteiger partial charge in [-0.2, -0.15) is 0 Å². The summed E-state index contributed by atoms with van der Waals surface area (Å²) < 4.78 is 5.70. The molecule has 0 aromatic heterocycles. The summed E-state index contributed by atoms with van der Waals surface area (Å²) in [6.07, 6.45) is 2.21. The number of piperidine rings is 1. The van der Waals surface area contributed by atoms with Crippen LogP contribution in [0.3, 0.4) is 0 Å². The molecular weight excluding hydrogens is 543 g/mol. The molecule has 5 nitrogen and oxygen atoms in total. The van der Waals surface area contributed by atoms with Crippen molar-refractivity contribution in [2.45, 2.75) is 64.1 Å². The highest BCUT2D eigenvalue weighted by Crippen LogP contribution is 2.40. The number of benzene rings is 3. The van der Waals surface area contributed by atoms with Gasteiger partial charge >= 0.3 is 6.09 Å². The first-order chi connectivity index (χ1) is 19.1. The Hall–Kier alpha value is -3.02. The van der Waals surface area contributed by atoms with Gasteiger partial charge in [0.05, 0.1) is 16.0 Å². The fourth-order valence-corrected chi connectivity index (χ4v) is 5.89. The summed E-state index contributed by atoms with van der Waals surface area (Å²) in [5.74, 6) is -0.404. The fraction of sp³-hybridized carbons (Fsp3) is 0.394. The molecule has 2 fully saturated rings. The zero-order valence-electron chi connectivity index (χ0n) is 23.3. The van der Waals surface area contributed by atoms with Gasteiger partial charge < -0.3 is 14.5 Å². The summed E-state index contributed by atoms with van der Waals surface area (Å²) in [5, 5.41) is 0.959. The Morgan fingerprint density at radius 3 is 2.33 bits per heavy atom. The van der Waals surface area contributed by atoms with Crippen molar-refractivity contribution in [3.63, 3.8) is 0 Å². The molecule has 3 aromatic rings. The molecule has 0 spiro atoms. The lowest BCUT2D eigenvalue weighted by Gasteiger charge is -2.40. The van der Waals surface area contributed by atoms with Gasteiger partial charge in [-0.3, -0.25) is 4.79 Å². The van der Waals surface area contributed by atoms with E-state index in [9.17, 15) is 9.59 Å². The van der Waals surface area contributed by atoms with E-state index in [1.807, 2.05) is 56.0 Å². The van der Waals surface area contributed by atoms with E-state index in [-0.39, 0.29) is 24.0 Å². The molecule has 2 amide bonds. The number of halogens is 2. The number of likely N-dealkylation sites (tertiary alicyclic amines) is 1. The number of rotatable bonds is 6. The normalized spacial score (nSPS) is 19.3. The van der Waals surface area contributed by atoms with Gasteiger partial charge in [-0.05, 0) is 74.3 Å². The molecule has 1 saturated carbocycles. The second-order valence-corrected chi connectivity index (χ2v) is 12.6. The van der Waals surface area contributed by atoms with E-state index in [2.05, 4.69) is 36.4 Å². The van der Waals surface area contributed by atoms with E-state index in [1.54, 1.807) is 11.0 Å². The summed E-state index contributed by atoms with van der Waals surface area (Å²) in [4.78, 5) is 31.2. The Bertz CT molecular complexity index is 1370. The van der Waals surface area contributed by atoms with E-state index in [4.69, 9.17) is 27.9 Å². The first kappa shape index (κ1) is 28.5. The first-order valence-corrected chi connectivity index (χ1v) is 14.7. The second kappa shape index (κ2) is 11.8. The van der Waals surface area contributed by atoms with Crippen LogP contribution < -0.4 is 0 Å². The minimum atomic E-state index is -0.610. The Balaban J connectivity index is 1.47. The smallest absolute Gasteiger partial charge is 0.410 e. The molecule has 0 radical (unpaired) electrons. The third-order valence-electron chi connectivity index (χ3n) is 7.65. The predicted molar refractivity (Wildman–Crippen MR) is 161 cm³/mol. The van der Waals surface area contributed by atoms with E-state index in [0.29, 0.717) is 36.1 Å². The van der Waals surface area contributed by atoms with Crippen LogP contribution in [-0.4, -0.2) is 46.5 Å². The molecule has 2 aliphatic rings. The van der Waals surface area contributed by atoms with Crippen LogP contribution in [0.1, 0.15) is 57.1 Å². The molecule has 7 heteroatoms. The van der Waals surface area contributed by atoms with Crippen LogP contribution in [0.25, 0.3) is 11.1 Å². The maximum absolute atomic E-state index is 14.4. The molecule has 210 valence electrons. The van der Waals surface area contributed by atoms with Crippen LogP contribution in [-0.2, 0) is 16.1 Å². The molecule has 40 heavy (non-hydrogen) atoms. The van der Waals surface area contributed by atoms with Crippen LogP contribution in [0.5, 0.6) is 0 Å². The molecule has 5 rings (SSSR count). The van der Waals surface area contributed by atoms with Gasteiger partial charge in [0.1, 0.15) is 5.60 Å². The van der Waals surface area contributed by atoms with Crippen LogP contribution in [0.4, 0.5) is 4.79 Å². The molecule has 0 bridgehead atoms. The molecule has 1 aliphatic heterocycles. The zero-order chi connectivity index (χ0) is 28.4. The van der Waals surface area contributed by atoms with Crippen molar-refractivity contribution in [2.75, 3.05) is 13.1 Å². The summed E-state index contributed by atoms with van der Waals surface area (Å²) in [6, 6.07) is 24.4. The Morgan fingerprint density at radius 1 is 0.925 bits per heavy atom. The summed E-state index contributed by atoms with van der Waals surface area (Å²) in [6.45, 7) is 6.81. The first-order valence-electron chi connectivity index (χ1n) is 14.0. The van der Waals surface area contributed by atoms with Crippen molar-refractivity contribution in [1.29, 1.82) is 0 Å². The van der Waals surface area contributed by atoms with Crippen molar-refractivity contribution in [3.05, 3.63) is 94.0 Å². The number of hydrogen-bond acceptors (Lipinski definition) is 3. The Kier molecular flexibility index (Phi) is 8.44. The minimum Gasteiger partial charge on any atom is -0.444 e. The van der Waals surface area contributed by atoms with Crippen molar-refractivity contribution < 1.29 is 14.3 Å². The lowest BCUT2D eigenvalue weighted by atomic mass is 9.79. The third kappa shape index (κ3) is 6.64. The van der Waals surface area contributed by atoms with Gasteiger partial charge in [-0.1, -0.05) is 89.9 Å². The van der Waals surface area contributed by atoms with Crippen LogP contribution in [0.15, 0.2) is 72.8 Å². The number of amides is 2. The van der Waals surface area contributed by atoms with Crippen LogP contribution >= 0.6 is 23.2 Å². The van der Waals surface area contributed by atoms with Gasteiger partial charge in [-0.15, -0.1) is 0 Å². The third-order valence-corrected chi connectivity index (χ3v) is 8.50. The molecule has 1 aliphatic carbocycles. The van der Waals surface area contributed by atoms with Crippen molar-refractivity contribution in [1.82, 2.24) is 9.80 Å². The maximum Gasteiger partial charge on any atom is 0.410 e. The van der Waals surface area contributed by atoms with Crippen LogP contribution in [0.2, 0.25) is 10.0 Å². The lowest BCUT2D eigenvalue weighted by Crippen LogP contribution is -2.51.